The Hall–Kier alpha value is -2.61. The Kier molecular flexibility index (Phi) is 3.47. The molecule has 0 saturated carbocycles. The summed E-state index contributed by atoms with van der Waals surface area (Å²) in [4.78, 5) is 52.3. The van der Waals surface area contributed by atoms with Crippen LogP contribution in [0.15, 0.2) is 35.5 Å². The number of benzene rings is 1. The van der Waals surface area contributed by atoms with Gasteiger partial charge >= 0.3 is 5.97 Å². The van der Waals surface area contributed by atoms with Crippen molar-refractivity contribution >= 4 is 35.5 Å². The maximum atomic E-state index is 12.7. The number of fused-ring (bicyclic) bond motifs is 2. The number of carbonyl (C=O) groups is 4. The molecule has 3 heterocycles. The Morgan fingerprint density at radius 1 is 1.12 bits per heavy atom. The van der Waals surface area contributed by atoms with Gasteiger partial charge in [-0.25, -0.2) is 4.79 Å². The number of β-lactam (4-membered cyclic amide) rings is 1. The second-order valence-electron chi connectivity index (χ2n) is 6.00. The van der Waals surface area contributed by atoms with Crippen molar-refractivity contribution in [2.75, 3.05) is 12.9 Å². The maximum Gasteiger partial charge on any atom is 0.354 e. The van der Waals surface area contributed by atoms with Crippen molar-refractivity contribution in [3.05, 3.63) is 46.7 Å². The second kappa shape index (κ2) is 5.45. The quantitative estimate of drug-likeness (QED) is 0.446. The number of rotatable bonds is 2. The smallest absolute Gasteiger partial charge is 0.354 e. The topological polar surface area (TPSA) is 84.0 Å². The van der Waals surface area contributed by atoms with E-state index in [1.54, 1.807) is 31.2 Å². The van der Waals surface area contributed by atoms with Gasteiger partial charge in [0.25, 0.3) is 17.7 Å². The molecule has 2 atom stereocenters. The molecule has 3 aliphatic heterocycles. The van der Waals surface area contributed by atoms with Crippen molar-refractivity contribution in [1.29, 1.82) is 0 Å². The van der Waals surface area contributed by atoms with Gasteiger partial charge in [-0.1, -0.05) is 12.1 Å². The summed E-state index contributed by atoms with van der Waals surface area (Å²) in [6.45, 7) is 1.76. The van der Waals surface area contributed by atoms with E-state index in [1.807, 2.05) is 0 Å². The van der Waals surface area contributed by atoms with Crippen molar-refractivity contribution in [2.45, 2.75) is 18.3 Å². The molecule has 0 spiro atoms. The summed E-state index contributed by atoms with van der Waals surface area (Å²) in [5.74, 6) is -1.43. The summed E-state index contributed by atoms with van der Waals surface area (Å²) in [5, 5.41) is -0.465. The van der Waals surface area contributed by atoms with E-state index in [4.69, 9.17) is 4.74 Å². The van der Waals surface area contributed by atoms with E-state index < -0.39 is 35.1 Å². The Labute approximate surface area is 147 Å². The number of carbonyl (C=O) groups excluding carboxylic acids is 4. The summed E-state index contributed by atoms with van der Waals surface area (Å²) in [6, 6.07) is 5.62. The van der Waals surface area contributed by atoms with Crippen LogP contribution in [0.25, 0.3) is 0 Å². The van der Waals surface area contributed by atoms with Crippen LogP contribution in [0.3, 0.4) is 0 Å². The zero-order valence-corrected chi connectivity index (χ0v) is 14.3. The number of hydrogen-bond donors (Lipinski definition) is 0. The van der Waals surface area contributed by atoms with E-state index in [1.165, 1.54) is 23.8 Å². The standard InChI is InChI=1S/C17H14N2O5S/c1-8-7-25-16-12(15(22)19(16)11(8)17(23)24-2)18-13(20)9-5-3-4-6-10(9)14(18)21/h3-6,12,16H,7H2,1-2H3/t12-,16-/m1/s1. The Balaban J connectivity index is 1.68. The van der Waals surface area contributed by atoms with Gasteiger partial charge in [0, 0.05) is 5.75 Å². The first-order valence-electron chi connectivity index (χ1n) is 7.67. The lowest BCUT2D eigenvalue weighted by atomic mass is 10.0. The summed E-state index contributed by atoms with van der Waals surface area (Å²) in [7, 11) is 1.26. The van der Waals surface area contributed by atoms with E-state index in [2.05, 4.69) is 0 Å². The molecule has 0 aromatic heterocycles. The van der Waals surface area contributed by atoms with Gasteiger partial charge in [0.05, 0.1) is 18.2 Å². The summed E-state index contributed by atoms with van der Waals surface area (Å²) >= 11 is 1.43. The highest BCUT2D eigenvalue weighted by Crippen LogP contribution is 2.44. The Bertz CT molecular complexity index is 843. The summed E-state index contributed by atoms with van der Waals surface area (Å²) in [6.07, 6.45) is 0. The number of ether oxygens (including phenoxy) is 1. The molecule has 25 heavy (non-hydrogen) atoms. The molecule has 1 aromatic rings. The number of methoxy groups -OCH3 is 1. The van der Waals surface area contributed by atoms with Gasteiger partial charge in [-0.3, -0.25) is 24.2 Å². The van der Waals surface area contributed by atoms with Crippen LogP contribution >= 0.6 is 11.8 Å². The average Bonchev–Trinajstić information content (AvgIpc) is 2.87. The van der Waals surface area contributed by atoms with Gasteiger partial charge < -0.3 is 4.74 Å². The zero-order chi connectivity index (χ0) is 17.9. The van der Waals surface area contributed by atoms with Gasteiger partial charge in [0.1, 0.15) is 17.1 Å². The van der Waals surface area contributed by atoms with Crippen LogP contribution in [0, 0.1) is 0 Å². The number of nitrogens with zero attached hydrogens (tertiary/aromatic N) is 2. The normalized spacial score (nSPS) is 25.0. The molecule has 7 nitrogen and oxygen atoms in total. The number of thioether (sulfide) groups is 1. The molecular weight excluding hydrogens is 344 g/mol. The van der Waals surface area contributed by atoms with Crippen LogP contribution in [-0.4, -0.2) is 57.8 Å². The zero-order valence-electron chi connectivity index (χ0n) is 13.5. The lowest BCUT2D eigenvalue weighted by molar-refractivity contribution is -0.152. The predicted octanol–water partition coefficient (Wildman–Crippen LogP) is 1.01. The van der Waals surface area contributed by atoms with Crippen molar-refractivity contribution in [3.63, 3.8) is 0 Å². The first-order chi connectivity index (χ1) is 12.0. The molecule has 3 aliphatic rings. The van der Waals surface area contributed by atoms with Crippen LogP contribution in [0.1, 0.15) is 27.6 Å². The minimum atomic E-state index is -0.898. The molecule has 1 saturated heterocycles. The van der Waals surface area contributed by atoms with E-state index >= 15 is 0 Å². The highest BCUT2D eigenvalue weighted by Gasteiger charge is 2.59. The number of imide groups is 1. The first kappa shape index (κ1) is 15.9. The summed E-state index contributed by atoms with van der Waals surface area (Å²) < 4.78 is 4.77. The fourth-order valence-electron chi connectivity index (χ4n) is 3.40. The van der Waals surface area contributed by atoms with E-state index in [0.717, 1.165) is 10.5 Å². The van der Waals surface area contributed by atoms with Crippen LogP contribution < -0.4 is 0 Å². The Morgan fingerprint density at radius 3 is 2.28 bits per heavy atom. The maximum absolute atomic E-state index is 12.7. The van der Waals surface area contributed by atoms with E-state index in [0.29, 0.717) is 16.9 Å². The molecule has 8 heteroatoms. The molecule has 0 aliphatic carbocycles. The minimum Gasteiger partial charge on any atom is -0.464 e. The van der Waals surface area contributed by atoms with Crippen LogP contribution in [0.5, 0.6) is 0 Å². The second-order valence-corrected chi connectivity index (χ2v) is 7.11. The molecule has 1 aromatic carbocycles. The monoisotopic (exact) mass is 358 g/mol. The van der Waals surface area contributed by atoms with E-state index in [-0.39, 0.29) is 5.70 Å². The molecule has 4 rings (SSSR count). The lowest BCUT2D eigenvalue weighted by Gasteiger charge is -2.51. The van der Waals surface area contributed by atoms with Crippen LogP contribution in [0.2, 0.25) is 0 Å². The van der Waals surface area contributed by atoms with Crippen molar-refractivity contribution < 1.29 is 23.9 Å². The molecule has 0 N–H and O–H groups in total. The molecule has 0 bridgehead atoms. The SMILES string of the molecule is COC(=O)C1=C(C)CS[C@@H]2[C@H](N3C(=O)c4ccccc4C3=O)C(=O)N12. The highest BCUT2D eigenvalue weighted by molar-refractivity contribution is 8.00. The number of esters is 1. The third-order valence-corrected chi connectivity index (χ3v) is 6.02. The van der Waals surface area contributed by atoms with Gasteiger partial charge in [-0.15, -0.1) is 11.8 Å². The highest BCUT2D eigenvalue weighted by atomic mass is 32.2. The predicted molar refractivity (Wildman–Crippen MR) is 88.5 cm³/mol. The molecule has 1 fully saturated rings. The van der Waals surface area contributed by atoms with Gasteiger partial charge in [-0.2, -0.15) is 0 Å². The van der Waals surface area contributed by atoms with Gasteiger partial charge in [0.15, 0.2) is 0 Å². The third kappa shape index (κ3) is 2.00. The van der Waals surface area contributed by atoms with Crippen LogP contribution in [0.4, 0.5) is 0 Å². The third-order valence-electron chi connectivity index (χ3n) is 4.61. The largest absolute Gasteiger partial charge is 0.464 e. The molecular formula is C17H14N2O5S. The van der Waals surface area contributed by atoms with Crippen molar-refractivity contribution in [3.8, 4) is 0 Å². The van der Waals surface area contributed by atoms with Crippen LogP contribution in [-0.2, 0) is 14.3 Å². The fourth-order valence-corrected chi connectivity index (χ4v) is 4.74. The molecule has 0 unspecified atom stereocenters. The van der Waals surface area contributed by atoms with Crippen molar-refractivity contribution in [2.24, 2.45) is 0 Å². The molecule has 128 valence electrons. The number of hydrogen-bond acceptors (Lipinski definition) is 6. The fraction of sp³-hybridized carbons (Fsp3) is 0.294. The van der Waals surface area contributed by atoms with Gasteiger partial charge in [0.2, 0.25) is 0 Å². The number of amides is 3. The average molecular weight is 358 g/mol. The van der Waals surface area contributed by atoms with Crippen molar-refractivity contribution in [1.82, 2.24) is 9.80 Å². The van der Waals surface area contributed by atoms with E-state index in [9.17, 15) is 19.2 Å². The molecule has 0 radical (unpaired) electrons. The summed E-state index contributed by atoms with van der Waals surface area (Å²) in [5.41, 5.74) is 1.56. The first-order valence-corrected chi connectivity index (χ1v) is 8.72. The molecule has 3 amide bonds. The minimum absolute atomic E-state index is 0.212. The van der Waals surface area contributed by atoms with Gasteiger partial charge in [-0.05, 0) is 24.6 Å². The lowest BCUT2D eigenvalue weighted by Crippen LogP contribution is -2.71. The Morgan fingerprint density at radius 2 is 1.72 bits per heavy atom.